The predicted octanol–water partition coefficient (Wildman–Crippen LogP) is 4.89. The molecule has 1 aromatic heterocycles. The van der Waals surface area contributed by atoms with Crippen LogP contribution in [0, 0.1) is 20.8 Å². The quantitative estimate of drug-likeness (QED) is 0.695. The Kier molecular flexibility index (Phi) is 5.38. The van der Waals surface area contributed by atoms with E-state index in [-0.39, 0.29) is 12.3 Å². The Hall–Kier alpha value is -2.66. The van der Waals surface area contributed by atoms with Crippen molar-refractivity contribution in [1.29, 1.82) is 0 Å². The molecule has 2 aromatic carbocycles. The van der Waals surface area contributed by atoms with Gasteiger partial charge in [-0.25, -0.2) is 0 Å². The average Bonchev–Trinajstić information content (AvgIpc) is 3.05. The molecule has 0 spiro atoms. The standard InChI is InChI=1S/C20H20ClN3O2/c1-12-9-13(2)19(14(3)10-12)22-17(25)7-8-18-23-20(24-26-18)15-5-4-6-16(21)11-15/h4-6,9-11H,7-8H2,1-3H3,(H,22,25). The van der Waals surface area contributed by atoms with Crippen molar-refractivity contribution in [2.45, 2.75) is 33.6 Å². The Morgan fingerprint density at radius 3 is 2.58 bits per heavy atom. The summed E-state index contributed by atoms with van der Waals surface area (Å²) in [6, 6.07) is 11.3. The fourth-order valence-corrected chi connectivity index (χ4v) is 3.09. The van der Waals surface area contributed by atoms with E-state index in [1.54, 1.807) is 12.1 Å². The van der Waals surface area contributed by atoms with Crippen molar-refractivity contribution in [2.75, 3.05) is 5.32 Å². The number of nitrogens with zero attached hydrogens (tertiary/aromatic N) is 2. The number of benzene rings is 2. The first kappa shape index (κ1) is 18.1. The van der Waals surface area contributed by atoms with Crippen molar-refractivity contribution in [3.8, 4) is 11.4 Å². The van der Waals surface area contributed by atoms with Gasteiger partial charge in [0.2, 0.25) is 17.6 Å². The normalized spacial score (nSPS) is 10.8. The summed E-state index contributed by atoms with van der Waals surface area (Å²) in [4.78, 5) is 16.6. The molecule has 6 heteroatoms. The molecule has 0 aliphatic rings. The van der Waals surface area contributed by atoms with Crippen LogP contribution in [0.3, 0.4) is 0 Å². The molecular weight excluding hydrogens is 350 g/mol. The highest BCUT2D eigenvalue weighted by Crippen LogP contribution is 2.23. The van der Waals surface area contributed by atoms with Crippen LogP contribution in [-0.2, 0) is 11.2 Å². The van der Waals surface area contributed by atoms with Gasteiger partial charge in [-0.05, 0) is 44.0 Å². The Bertz CT molecular complexity index is 927. The summed E-state index contributed by atoms with van der Waals surface area (Å²) in [5.74, 6) is 0.808. The van der Waals surface area contributed by atoms with E-state index >= 15 is 0 Å². The molecule has 0 atom stereocenters. The molecule has 0 radical (unpaired) electrons. The van der Waals surface area contributed by atoms with Gasteiger partial charge in [0, 0.05) is 29.1 Å². The minimum absolute atomic E-state index is 0.0810. The summed E-state index contributed by atoms with van der Waals surface area (Å²) in [6.45, 7) is 6.02. The van der Waals surface area contributed by atoms with E-state index in [0.717, 1.165) is 22.4 Å². The summed E-state index contributed by atoms with van der Waals surface area (Å²) in [6.07, 6.45) is 0.646. The van der Waals surface area contributed by atoms with Crippen LogP contribution in [0.25, 0.3) is 11.4 Å². The van der Waals surface area contributed by atoms with Gasteiger partial charge in [0.1, 0.15) is 0 Å². The second kappa shape index (κ2) is 7.70. The molecule has 5 nitrogen and oxygen atoms in total. The monoisotopic (exact) mass is 369 g/mol. The van der Waals surface area contributed by atoms with E-state index in [2.05, 4.69) is 27.6 Å². The van der Waals surface area contributed by atoms with Gasteiger partial charge >= 0.3 is 0 Å². The van der Waals surface area contributed by atoms with Crippen LogP contribution < -0.4 is 5.32 Å². The zero-order valence-electron chi connectivity index (χ0n) is 15.0. The minimum Gasteiger partial charge on any atom is -0.339 e. The van der Waals surface area contributed by atoms with Crippen molar-refractivity contribution < 1.29 is 9.32 Å². The first-order valence-corrected chi connectivity index (χ1v) is 8.76. The second-order valence-electron chi connectivity index (χ2n) is 6.34. The Morgan fingerprint density at radius 2 is 1.88 bits per heavy atom. The number of rotatable bonds is 5. The smallest absolute Gasteiger partial charge is 0.227 e. The molecule has 134 valence electrons. The average molecular weight is 370 g/mol. The Labute approximate surface area is 157 Å². The molecule has 0 saturated carbocycles. The second-order valence-corrected chi connectivity index (χ2v) is 6.78. The third-order valence-corrected chi connectivity index (χ3v) is 4.29. The molecule has 1 heterocycles. The maximum atomic E-state index is 12.3. The van der Waals surface area contributed by atoms with Crippen molar-refractivity contribution >= 4 is 23.2 Å². The lowest BCUT2D eigenvalue weighted by atomic mass is 10.0. The molecule has 0 bridgehead atoms. The molecule has 0 saturated heterocycles. The van der Waals surface area contributed by atoms with E-state index < -0.39 is 0 Å². The van der Waals surface area contributed by atoms with Gasteiger partial charge in [0.25, 0.3) is 0 Å². The lowest BCUT2D eigenvalue weighted by Gasteiger charge is -2.12. The van der Waals surface area contributed by atoms with Gasteiger partial charge < -0.3 is 9.84 Å². The lowest BCUT2D eigenvalue weighted by Crippen LogP contribution is -2.14. The summed E-state index contributed by atoms with van der Waals surface area (Å²) >= 11 is 5.98. The minimum atomic E-state index is -0.0810. The highest BCUT2D eigenvalue weighted by Gasteiger charge is 2.13. The van der Waals surface area contributed by atoms with E-state index in [4.69, 9.17) is 16.1 Å². The summed E-state index contributed by atoms with van der Waals surface area (Å²) in [5.41, 5.74) is 4.93. The van der Waals surface area contributed by atoms with Gasteiger partial charge in [-0.15, -0.1) is 0 Å². The molecule has 0 aliphatic carbocycles. The van der Waals surface area contributed by atoms with Crippen LogP contribution in [-0.4, -0.2) is 16.0 Å². The number of aryl methyl sites for hydroxylation is 4. The van der Waals surface area contributed by atoms with Gasteiger partial charge in [-0.3, -0.25) is 4.79 Å². The number of nitrogens with one attached hydrogen (secondary N) is 1. The molecule has 3 rings (SSSR count). The summed E-state index contributed by atoms with van der Waals surface area (Å²) < 4.78 is 5.24. The third-order valence-electron chi connectivity index (χ3n) is 4.06. The topological polar surface area (TPSA) is 68.0 Å². The van der Waals surface area contributed by atoms with Crippen molar-refractivity contribution in [2.24, 2.45) is 0 Å². The molecule has 1 amide bonds. The van der Waals surface area contributed by atoms with Crippen LogP contribution in [0.5, 0.6) is 0 Å². The molecule has 3 aromatic rings. The first-order chi connectivity index (χ1) is 12.4. The number of carbonyl (C=O) groups excluding carboxylic acids is 1. The van der Waals surface area contributed by atoms with Gasteiger partial charge in [-0.2, -0.15) is 4.98 Å². The molecule has 0 fully saturated rings. The largest absolute Gasteiger partial charge is 0.339 e. The zero-order chi connectivity index (χ0) is 18.7. The number of aromatic nitrogens is 2. The number of carbonyl (C=O) groups is 1. The number of halogens is 1. The summed E-state index contributed by atoms with van der Waals surface area (Å²) in [5, 5.41) is 7.54. The van der Waals surface area contributed by atoms with E-state index in [1.165, 1.54) is 5.56 Å². The molecule has 26 heavy (non-hydrogen) atoms. The van der Waals surface area contributed by atoms with E-state index in [0.29, 0.717) is 23.2 Å². The predicted molar refractivity (Wildman–Crippen MR) is 102 cm³/mol. The Balaban J connectivity index is 1.62. The molecule has 0 aliphatic heterocycles. The van der Waals surface area contributed by atoms with Crippen LogP contribution in [0.1, 0.15) is 29.0 Å². The van der Waals surface area contributed by atoms with Crippen molar-refractivity contribution in [3.05, 3.63) is 64.0 Å². The SMILES string of the molecule is Cc1cc(C)c(NC(=O)CCc2nc(-c3cccc(Cl)c3)no2)c(C)c1. The summed E-state index contributed by atoms with van der Waals surface area (Å²) in [7, 11) is 0. The molecular formula is C20H20ClN3O2. The van der Waals surface area contributed by atoms with Crippen molar-refractivity contribution in [3.63, 3.8) is 0 Å². The van der Waals surface area contributed by atoms with Crippen LogP contribution in [0.15, 0.2) is 40.9 Å². The lowest BCUT2D eigenvalue weighted by molar-refractivity contribution is -0.116. The number of anilines is 1. The van der Waals surface area contributed by atoms with Crippen LogP contribution in [0.2, 0.25) is 5.02 Å². The number of hydrogen-bond acceptors (Lipinski definition) is 4. The Morgan fingerprint density at radius 1 is 1.15 bits per heavy atom. The van der Waals surface area contributed by atoms with E-state index in [9.17, 15) is 4.79 Å². The molecule has 1 N–H and O–H groups in total. The van der Waals surface area contributed by atoms with Gasteiger partial charge in [0.05, 0.1) is 0 Å². The van der Waals surface area contributed by atoms with Crippen molar-refractivity contribution in [1.82, 2.24) is 10.1 Å². The van der Waals surface area contributed by atoms with Gasteiger partial charge in [0.15, 0.2) is 0 Å². The van der Waals surface area contributed by atoms with Gasteiger partial charge in [-0.1, -0.05) is 46.6 Å². The third kappa shape index (κ3) is 4.29. The maximum Gasteiger partial charge on any atom is 0.227 e. The fourth-order valence-electron chi connectivity index (χ4n) is 2.90. The zero-order valence-corrected chi connectivity index (χ0v) is 15.7. The van der Waals surface area contributed by atoms with Crippen LogP contribution in [0.4, 0.5) is 5.69 Å². The molecule has 0 unspecified atom stereocenters. The number of hydrogen-bond donors (Lipinski definition) is 1. The maximum absolute atomic E-state index is 12.3. The number of amides is 1. The van der Waals surface area contributed by atoms with Crippen LogP contribution >= 0.6 is 11.6 Å². The first-order valence-electron chi connectivity index (χ1n) is 8.38. The van der Waals surface area contributed by atoms with E-state index in [1.807, 2.05) is 32.9 Å². The fraction of sp³-hybridized carbons (Fsp3) is 0.250. The highest BCUT2D eigenvalue weighted by molar-refractivity contribution is 6.30. The highest BCUT2D eigenvalue weighted by atomic mass is 35.5.